The van der Waals surface area contributed by atoms with E-state index in [0.717, 1.165) is 5.69 Å². The van der Waals surface area contributed by atoms with E-state index in [1.807, 2.05) is 34.9 Å². The SMILES string of the molecule is CN(C(=O)CSc1nc(-c2cccc([N+](=O)[O-])c2)cn1-c1ccccc1)[C@H]1CCS(=O)(=O)C1. The summed E-state index contributed by atoms with van der Waals surface area (Å²) in [6.45, 7) is 0. The van der Waals surface area contributed by atoms with Gasteiger partial charge in [-0.15, -0.1) is 0 Å². The van der Waals surface area contributed by atoms with Gasteiger partial charge in [0.15, 0.2) is 15.0 Å². The number of imidazole rings is 1. The van der Waals surface area contributed by atoms with Crippen molar-refractivity contribution in [2.24, 2.45) is 0 Å². The van der Waals surface area contributed by atoms with Crippen LogP contribution in [0.25, 0.3) is 16.9 Å². The molecule has 1 saturated heterocycles. The van der Waals surface area contributed by atoms with Crippen LogP contribution in [0.4, 0.5) is 5.69 Å². The number of nitrogens with zero attached hydrogens (tertiary/aromatic N) is 4. The van der Waals surface area contributed by atoms with Crippen molar-refractivity contribution in [3.05, 3.63) is 70.9 Å². The smallest absolute Gasteiger partial charge is 0.270 e. The molecule has 0 N–H and O–H groups in total. The van der Waals surface area contributed by atoms with Gasteiger partial charge in [-0.1, -0.05) is 42.1 Å². The number of nitro benzene ring substituents is 1. The number of para-hydroxylation sites is 1. The third-order valence-corrected chi connectivity index (χ3v) is 8.22. The lowest BCUT2D eigenvalue weighted by molar-refractivity contribution is -0.384. The molecule has 1 amide bonds. The van der Waals surface area contributed by atoms with Crippen molar-refractivity contribution in [3.63, 3.8) is 0 Å². The number of carbonyl (C=O) groups is 1. The van der Waals surface area contributed by atoms with E-state index in [0.29, 0.717) is 22.8 Å². The minimum Gasteiger partial charge on any atom is -0.341 e. The number of carbonyl (C=O) groups excluding carboxylic acids is 1. The fraction of sp³-hybridized carbons (Fsp3) is 0.273. The summed E-state index contributed by atoms with van der Waals surface area (Å²) in [6.07, 6.45) is 2.24. The highest BCUT2D eigenvalue weighted by Gasteiger charge is 2.32. The lowest BCUT2D eigenvalue weighted by Crippen LogP contribution is -2.38. The van der Waals surface area contributed by atoms with Crippen molar-refractivity contribution in [1.29, 1.82) is 0 Å². The Kier molecular flexibility index (Phi) is 6.52. The van der Waals surface area contributed by atoms with Gasteiger partial charge in [0.2, 0.25) is 5.91 Å². The lowest BCUT2D eigenvalue weighted by Gasteiger charge is -2.23. The van der Waals surface area contributed by atoms with Crippen molar-refractivity contribution in [3.8, 4) is 16.9 Å². The number of rotatable bonds is 7. The molecule has 0 bridgehead atoms. The van der Waals surface area contributed by atoms with E-state index in [1.165, 1.54) is 28.8 Å². The van der Waals surface area contributed by atoms with Crippen LogP contribution in [-0.4, -0.2) is 64.0 Å². The Balaban J connectivity index is 1.58. The summed E-state index contributed by atoms with van der Waals surface area (Å²) >= 11 is 1.24. The Hall–Kier alpha value is -3.18. The van der Waals surface area contributed by atoms with Gasteiger partial charge in [0.05, 0.1) is 27.9 Å². The maximum Gasteiger partial charge on any atom is 0.270 e. The van der Waals surface area contributed by atoms with Crippen LogP contribution in [0.3, 0.4) is 0 Å². The average molecular weight is 487 g/mol. The average Bonchev–Trinajstić information content (AvgIpc) is 3.40. The minimum atomic E-state index is -3.09. The molecule has 1 fully saturated rings. The monoisotopic (exact) mass is 486 g/mol. The van der Waals surface area contributed by atoms with E-state index in [9.17, 15) is 23.3 Å². The Morgan fingerprint density at radius 1 is 1.24 bits per heavy atom. The first-order valence-electron chi connectivity index (χ1n) is 10.2. The van der Waals surface area contributed by atoms with Crippen LogP contribution in [0.1, 0.15) is 6.42 Å². The lowest BCUT2D eigenvalue weighted by atomic mass is 10.1. The molecule has 33 heavy (non-hydrogen) atoms. The zero-order chi connectivity index (χ0) is 23.6. The fourth-order valence-corrected chi connectivity index (χ4v) is 6.36. The van der Waals surface area contributed by atoms with Gasteiger partial charge in [-0.3, -0.25) is 19.5 Å². The number of aromatic nitrogens is 2. The summed E-state index contributed by atoms with van der Waals surface area (Å²) in [7, 11) is -1.45. The van der Waals surface area contributed by atoms with Crippen LogP contribution < -0.4 is 0 Å². The molecule has 9 nitrogen and oxygen atoms in total. The number of hydrogen-bond donors (Lipinski definition) is 0. The molecular weight excluding hydrogens is 464 g/mol. The van der Waals surface area contributed by atoms with E-state index in [1.54, 1.807) is 25.4 Å². The van der Waals surface area contributed by atoms with Crippen LogP contribution >= 0.6 is 11.8 Å². The highest BCUT2D eigenvalue weighted by Crippen LogP contribution is 2.29. The van der Waals surface area contributed by atoms with Crippen molar-refractivity contribution < 1.29 is 18.1 Å². The molecule has 1 aliphatic rings. The molecule has 0 spiro atoms. The molecule has 1 aliphatic heterocycles. The van der Waals surface area contributed by atoms with Gasteiger partial charge in [0.1, 0.15) is 0 Å². The summed E-state index contributed by atoms with van der Waals surface area (Å²) in [5, 5.41) is 11.7. The molecule has 3 aromatic rings. The van der Waals surface area contributed by atoms with Crippen molar-refractivity contribution in [2.45, 2.75) is 17.6 Å². The quantitative estimate of drug-likeness (QED) is 0.286. The first-order chi connectivity index (χ1) is 15.7. The Morgan fingerprint density at radius 3 is 2.67 bits per heavy atom. The van der Waals surface area contributed by atoms with Gasteiger partial charge in [-0.05, 0) is 18.6 Å². The number of amides is 1. The molecule has 4 rings (SSSR count). The topological polar surface area (TPSA) is 115 Å². The molecule has 0 saturated carbocycles. The number of sulfone groups is 1. The van der Waals surface area contributed by atoms with Gasteiger partial charge in [0.25, 0.3) is 5.69 Å². The highest BCUT2D eigenvalue weighted by molar-refractivity contribution is 7.99. The van der Waals surface area contributed by atoms with Gasteiger partial charge < -0.3 is 4.90 Å². The summed E-state index contributed by atoms with van der Waals surface area (Å²) < 4.78 is 25.3. The molecule has 11 heteroatoms. The normalized spacial score (nSPS) is 17.1. The molecule has 0 unspecified atom stereocenters. The van der Waals surface area contributed by atoms with Crippen LogP contribution in [0, 0.1) is 10.1 Å². The molecule has 0 radical (unpaired) electrons. The van der Waals surface area contributed by atoms with Gasteiger partial charge in [-0.25, -0.2) is 13.4 Å². The Bertz CT molecular complexity index is 1290. The Morgan fingerprint density at radius 2 is 2.00 bits per heavy atom. The number of hydrogen-bond acceptors (Lipinski definition) is 7. The van der Waals surface area contributed by atoms with Crippen LogP contribution in [0.2, 0.25) is 0 Å². The van der Waals surface area contributed by atoms with Gasteiger partial charge in [0, 0.05) is 42.7 Å². The van der Waals surface area contributed by atoms with Crippen LogP contribution in [0.15, 0.2) is 66.0 Å². The third-order valence-electron chi connectivity index (χ3n) is 5.53. The molecule has 0 aliphatic carbocycles. The third kappa shape index (κ3) is 5.25. The predicted molar refractivity (Wildman–Crippen MR) is 126 cm³/mol. The van der Waals surface area contributed by atoms with E-state index in [2.05, 4.69) is 4.98 Å². The van der Waals surface area contributed by atoms with E-state index < -0.39 is 14.8 Å². The number of nitro groups is 1. The second kappa shape index (κ2) is 9.36. The van der Waals surface area contributed by atoms with Crippen molar-refractivity contribution in [2.75, 3.05) is 24.3 Å². The second-order valence-corrected chi connectivity index (χ2v) is 10.9. The van der Waals surface area contributed by atoms with Crippen LogP contribution in [0.5, 0.6) is 0 Å². The maximum atomic E-state index is 12.8. The first-order valence-corrected chi connectivity index (χ1v) is 13.0. The van der Waals surface area contributed by atoms with Crippen LogP contribution in [-0.2, 0) is 14.6 Å². The molecule has 1 aromatic heterocycles. The summed E-state index contributed by atoms with van der Waals surface area (Å²) in [4.78, 5) is 29.6. The summed E-state index contributed by atoms with van der Waals surface area (Å²) in [5.41, 5.74) is 1.96. The number of benzene rings is 2. The first kappa shape index (κ1) is 23.0. The number of non-ortho nitro benzene ring substituents is 1. The Labute approximate surface area is 195 Å². The zero-order valence-corrected chi connectivity index (χ0v) is 19.5. The molecular formula is C22H22N4O5S2. The zero-order valence-electron chi connectivity index (χ0n) is 17.8. The molecule has 1 atom stereocenters. The van der Waals surface area contributed by atoms with Crippen molar-refractivity contribution >= 4 is 33.2 Å². The summed E-state index contributed by atoms with van der Waals surface area (Å²) in [5.74, 6) is 0.00960. The standard InChI is InChI=1S/C22H22N4O5S2/c1-24(19-10-11-33(30,31)15-19)21(27)14-32-22-23-20(13-25(22)17-7-3-2-4-8-17)16-6-5-9-18(12-16)26(28)29/h2-9,12-13,19H,10-11,14-15H2,1H3/t19-/m0/s1. The second-order valence-electron chi connectivity index (χ2n) is 7.77. The molecule has 2 heterocycles. The predicted octanol–water partition coefficient (Wildman–Crippen LogP) is 3.19. The van der Waals surface area contributed by atoms with Crippen molar-refractivity contribution in [1.82, 2.24) is 14.5 Å². The molecule has 172 valence electrons. The molecule has 2 aromatic carbocycles. The van der Waals surface area contributed by atoms with E-state index in [4.69, 9.17) is 0 Å². The minimum absolute atomic E-state index is 0.00448. The fourth-order valence-electron chi connectivity index (χ4n) is 3.67. The van der Waals surface area contributed by atoms with Gasteiger partial charge in [-0.2, -0.15) is 0 Å². The highest BCUT2D eigenvalue weighted by atomic mass is 32.2. The van der Waals surface area contributed by atoms with E-state index in [-0.39, 0.29) is 34.9 Å². The maximum absolute atomic E-state index is 12.8. The largest absolute Gasteiger partial charge is 0.341 e. The van der Waals surface area contributed by atoms with Gasteiger partial charge >= 0.3 is 0 Å². The summed E-state index contributed by atoms with van der Waals surface area (Å²) in [6, 6.07) is 15.4. The van der Waals surface area contributed by atoms with E-state index >= 15 is 0 Å². The number of thioether (sulfide) groups is 1.